The number of nitrogens with two attached hydrogens (primary N) is 1. The minimum atomic E-state index is 0.254. The molecule has 6 rings (SSSR count). The van der Waals surface area contributed by atoms with Crippen molar-refractivity contribution in [3.8, 4) is 11.3 Å². The first-order valence-corrected chi connectivity index (χ1v) is 10.9. The molecule has 0 bridgehead atoms. The fourth-order valence-electron chi connectivity index (χ4n) is 4.42. The summed E-state index contributed by atoms with van der Waals surface area (Å²) >= 11 is 0. The van der Waals surface area contributed by atoms with Crippen LogP contribution in [-0.4, -0.2) is 69.2 Å². The number of nitrogens with zero attached hydrogens (tertiary/aromatic N) is 7. The van der Waals surface area contributed by atoms with Gasteiger partial charge < -0.3 is 20.1 Å². The maximum atomic E-state index is 5.82. The van der Waals surface area contributed by atoms with E-state index in [1.807, 2.05) is 29.1 Å². The van der Waals surface area contributed by atoms with Crippen LogP contribution in [0.1, 0.15) is 18.9 Å². The Morgan fingerprint density at radius 2 is 1.75 bits per heavy atom. The first-order valence-electron chi connectivity index (χ1n) is 10.9. The van der Waals surface area contributed by atoms with E-state index in [1.165, 1.54) is 0 Å². The van der Waals surface area contributed by atoms with Crippen molar-refractivity contribution in [2.45, 2.75) is 18.9 Å². The number of hydrogen-bond acceptors (Lipinski definition) is 9. The molecule has 32 heavy (non-hydrogen) atoms. The molecule has 0 aliphatic carbocycles. The molecule has 0 radical (unpaired) electrons. The Balaban J connectivity index is 1.53. The number of ether oxygens (including phenoxy) is 2. The van der Waals surface area contributed by atoms with Crippen LogP contribution in [-0.2, 0) is 9.47 Å². The highest BCUT2D eigenvalue weighted by Gasteiger charge is 2.24. The Kier molecular flexibility index (Phi) is 4.80. The molecule has 164 valence electrons. The molecule has 10 nitrogen and oxygen atoms in total. The third-order valence-corrected chi connectivity index (χ3v) is 6.15. The summed E-state index contributed by atoms with van der Waals surface area (Å²) in [5.41, 5.74) is 9.25. The lowest BCUT2D eigenvalue weighted by atomic mass is 10.1. The van der Waals surface area contributed by atoms with E-state index in [-0.39, 0.29) is 12.0 Å². The molecule has 3 aromatic heterocycles. The summed E-state index contributed by atoms with van der Waals surface area (Å²) in [4.78, 5) is 20.6. The normalized spacial score (nSPS) is 17.9. The monoisotopic (exact) mass is 432 g/mol. The van der Waals surface area contributed by atoms with Gasteiger partial charge in [0.05, 0.1) is 42.0 Å². The summed E-state index contributed by atoms with van der Waals surface area (Å²) in [5, 5.41) is 6.59. The second-order valence-electron chi connectivity index (χ2n) is 8.14. The zero-order chi connectivity index (χ0) is 21.5. The van der Waals surface area contributed by atoms with Crippen LogP contribution in [0.3, 0.4) is 0 Å². The van der Waals surface area contributed by atoms with E-state index in [1.54, 1.807) is 6.20 Å². The van der Waals surface area contributed by atoms with Crippen LogP contribution in [0.5, 0.6) is 0 Å². The number of rotatable bonds is 3. The van der Waals surface area contributed by atoms with Gasteiger partial charge in [0.2, 0.25) is 11.9 Å². The van der Waals surface area contributed by atoms with E-state index in [4.69, 9.17) is 30.3 Å². The van der Waals surface area contributed by atoms with Crippen molar-refractivity contribution < 1.29 is 9.47 Å². The summed E-state index contributed by atoms with van der Waals surface area (Å²) in [6.07, 6.45) is 5.46. The molecule has 2 aliphatic rings. The quantitative estimate of drug-likeness (QED) is 0.520. The van der Waals surface area contributed by atoms with Crippen molar-refractivity contribution in [3.63, 3.8) is 0 Å². The lowest BCUT2D eigenvalue weighted by Gasteiger charge is -2.27. The molecule has 2 saturated heterocycles. The van der Waals surface area contributed by atoms with Crippen LogP contribution in [0, 0.1) is 0 Å². The summed E-state index contributed by atoms with van der Waals surface area (Å²) < 4.78 is 13.1. The van der Waals surface area contributed by atoms with Crippen LogP contribution in [0.4, 0.5) is 11.9 Å². The van der Waals surface area contributed by atoms with Crippen molar-refractivity contribution in [2.75, 3.05) is 50.2 Å². The molecular formula is C22H24N8O2. The van der Waals surface area contributed by atoms with Gasteiger partial charge in [-0.05, 0) is 18.9 Å². The lowest BCUT2D eigenvalue weighted by molar-refractivity contribution is 0.0673. The van der Waals surface area contributed by atoms with Gasteiger partial charge in [-0.25, -0.2) is 19.6 Å². The van der Waals surface area contributed by atoms with Gasteiger partial charge in [0.1, 0.15) is 0 Å². The second kappa shape index (κ2) is 7.95. The molecule has 10 heteroatoms. The fourth-order valence-corrected chi connectivity index (χ4v) is 4.42. The SMILES string of the molecule is Nc1ncc2ccc(-c3nc(N4CCOCC4)nc4c3cnn4C3CCOCC3)cc2n1. The average Bonchev–Trinajstić information content (AvgIpc) is 3.28. The number of hydrogen-bond donors (Lipinski definition) is 1. The van der Waals surface area contributed by atoms with Gasteiger partial charge >= 0.3 is 0 Å². The Morgan fingerprint density at radius 1 is 0.938 bits per heavy atom. The van der Waals surface area contributed by atoms with Gasteiger partial charge in [0, 0.05) is 43.4 Å². The first-order chi connectivity index (χ1) is 15.8. The molecule has 0 atom stereocenters. The van der Waals surface area contributed by atoms with E-state index < -0.39 is 0 Å². The van der Waals surface area contributed by atoms with Gasteiger partial charge in [-0.3, -0.25) is 0 Å². The molecule has 0 amide bonds. The molecule has 0 spiro atoms. The summed E-state index contributed by atoms with van der Waals surface area (Å²) in [5.74, 6) is 0.954. The Morgan fingerprint density at radius 3 is 2.59 bits per heavy atom. The first kappa shape index (κ1) is 19.3. The van der Waals surface area contributed by atoms with E-state index in [9.17, 15) is 0 Å². The smallest absolute Gasteiger partial charge is 0.228 e. The number of nitrogen functional groups attached to an aromatic ring is 1. The standard InChI is InChI=1S/C22H24N8O2/c23-21-24-12-15-2-1-14(11-18(15)26-21)19-17-13-25-30(16-3-7-31-8-4-16)20(17)28-22(27-19)29-5-9-32-10-6-29/h1-2,11-13,16H,3-10H2,(H2,23,24,26). The van der Waals surface area contributed by atoms with Crippen molar-refractivity contribution in [2.24, 2.45) is 0 Å². The number of aromatic nitrogens is 6. The summed E-state index contributed by atoms with van der Waals surface area (Å²) in [6.45, 7) is 4.35. The van der Waals surface area contributed by atoms with Crippen molar-refractivity contribution in [1.29, 1.82) is 0 Å². The van der Waals surface area contributed by atoms with Gasteiger partial charge in [-0.15, -0.1) is 0 Å². The predicted molar refractivity (Wildman–Crippen MR) is 120 cm³/mol. The highest BCUT2D eigenvalue weighted by Crippen LogP contribution is 2.33. The van der Waals surface area contributed by atoms with E-state index >= 15 is 0 Å². The van der Waals surface area contributed by atoms with E-state index in [2.05, 4.69) is 14.9 Å². The van der Waals surface area contributed by atoms with Crippen LogP contribution in [0.15, 0.2) is 30.6 Å². The summed E-state index contributed by atoms with van der Waals surface area (Å²) in [7, 11) is 0. The molecule has 2 aliphatic heterocycles. The lowest BCUT2D eigenvalue weighted by Crippen LogP contribution is -2.37. The largest absolute Gasteiger partial charge is 0.381 e. The Labute approximate surface area is 184 Å². The van der Waals surface area contributed by atoms with Gasteiger partial charge in [-0.1, -0.05) is 12.1 Å². The molecule has 1 aromatic carbocycles. The molecule has 0 unspecified atom stereocenters. The second-order valence-corrected chi connectivity index (χ2v) is 8.14. The molecule has 0 saturated carbocycles. The van der Waals surface area contributed by atoms with Crippen LogP contribution < -0.4 is 10.6 Å². The topological polar surface area (TPSA) is 117 Å². The van der Waals surface area contributed by atoms with Crippen LogP contribution >= 0.6 is 0 Å². The molecule has 2 fully saturated rings. The third-order valence-electron chi connectivity index (χ3n) is 6.15. The number of fused-ring (bicyclic) bond motifs is 2. The highest BCUT2D eigenvalue weighted by molar-refractivity contribution is 5.94. The van der Waals surface area contributed by atoms with Gasteiger partial charge in [0.15, 0.2) is 5.65 Å². The molecule has 5 heterocycles. The zero-order valence-corrected chi connectivity index (χ0v) is 17.6. The molecule has 4 aromatic rings. The predicted octanol–water partition coefficient (Wildman–Crippen LogP) is 2.21. The number of benzene rings is 1. The molecular weight excluding hydrogens is 408 g/mol. The van der Waals surface area contributed by atoms with Crippen molar-refractivity contribution in [3.05, 3.63) is 30.6 Å². The van der Waals surface area contributed by atoms with Crippen molar-refractivity contribution in [1.82, 2.24) is 29.7 Å². The van der Waals surface area contributed by atoms with Gasteiger partial charge in [-0.2, -0.15) is 10.1 Å². The van der Waals surface area contributed by atoms with Crippen LogP contribution in [0.25, 0.3) is 33.2 Å². The average molecular weight is 432 g/mol. The number of anilines is 2. The minimum Gasteiger partial charge on any atom is -0.381 e. The highest BCUT2D eigenvalue weighted by atomic mass is 16.5. The maximum Gasteiger partial charge on any atom is 0.228 e. The van der Waals surface area contributed by atoms with Crippen LogP contribution in [0.2, 0.25) is 0 Å². The fraction of sp³-hybridized carbons (Fsp3) is 0.409. The van der Waals surface area contributed by atoms with E-state index in [0.29, 0.717) is 19.2 Å². The Hall–Kier alpha value is -3.37. The summed E-state index contributed by atoms with van der Waals surface area (Å²) in [6, 6.07) is 6.31. The maximum absolute atomic E-state index is 5.82. The van der Waals surface area contributed by atoms with Crippen molar-refractivity contribution >= 4 is 33.8 Å². The zero-order valence-electron chi connectivity index (χ0n) is 17.6. The third kappa shape index (κ3) is 3.41. The van der Waals surface area contributed by atoms with Gasteiger partial charge in [0.25, 0.3) is 0 Å². The van der Waals surface area contributed by atoms with E-state index in [0.717, 1.165) is 72.3 Å². The Bertz CT molecular complexity index is 1280. The number of morpholine rings is 1. The minimum absolute atomic E-state index is 0.254. The molecule has 2 N–H and O–H groups in total.